The van der Waals surface area contributed by atoms with Crippen molar-refractivity contribution in [3.63, 3.8) is 0 Å². The number of anilines is 1. The number of hydrogen-bond donors (Lipinski definition) is 1. The van der Waals surface area contributed by atoms with E-state index in [4.69, 9.17) is 0 Å². The Hall–Kier alpha value is -2.42. The summed E-state index contributed by atoms with van der Waals surface area (Å²) in [5, 5.41) is 3.45. The fraction of sp³-hybridized carbons (Fsp3) is 0.211. The fourth-order valence-electron chi connectivity index (χ4n) is 3.53. The van der Waals surface area contributed by atoms with Gasteiger partial charge in [0.1, 0.15) is 5.82 Å². The molecule has 0 spiro atoms. The van der Waals surface area contributed by atoms with E-state index in [1.54, 1.807) is 6.07 Å². The van der Waals surface area contributed by atoms with Crippen molar-refractivity contribution in [1.82, 2.24) is 0 Å². The van der Waals surface area contributed by atoms with Crippen LogP contribution < -0.4 is 5.32 Å². The molecule has 0 amide bonds. The zero-order valence-corrected chi connectivity index (χ0v) is 12.8. The Balaban J connectivity index is 1.97. The van der Waals surface area contributed by atoms with Crippen LogP contribution in [0.5, 0.6) is 0 Å². The summed E-state index contributed by atoms with van der Waals surface area (Å²) < 4.78 is 13.4. The van der Waals surface area contributed by atoms with E-state index < -0.39 is 0 Å². The minimum atomic E-state index is -0.375. The average Bonchev–Trinajstić information content (AvgIpc) is 2.69. The monoisotopic (exact) mass is 293 g/mol. The standard InChI is InChI=1S/C19H16FNO/c1-10-9-19(2,3)21-17-8-16-14(7-13(10)17)12-5-4-11(20)6-15(12)18(16)22/h4-9,21H,1-3H3. The third-order valence-corrected chi connectivity index (χ3v) is 4.38. The van der Waals surface area contributed by atoms with Gasteiger partial charge in [-0.15, -0.1) is 0 Å². The van der Waals surface area contributed by atoms with Gasteiger partial charge in [-0.05, 0) is 61.7 Å². The van der Waals surface area contributed by atoms with Crippen LogP contribution in [0.15, 0.2) is 36.4 Å². The Morgan fingerprint density at radius 3 is 2.45 bits per heavy atom. The lowest BCUT2D eigenvalue weighted by Crippen LogP contribution is -2.31. The molecule has 0 radical (unpaired) electrons. The predicted molar refractivity (Wildman–Crippen MR) is 86.6 cm³/mol. The minimum Gasteiger partial charge on any atom is -0.376 e. The third-order valence-electron chi connectivity index (χ3n) is 4.38. The lowest BCUT2D eigenvalue weighted by molar-refractivity contribution is 0.104. The summed E-state index contributed by atoms with van der Waals surface area (Å²) >= 11 is 0. The van der Waals surface area contributed by atoms with Crippen LogP contribution in [0, 0.1) is 5.82 Å². The molecule has 0 fully saturated rings. The SMILES string of the molecule is CC1=CC(C)(C)Nc2cc3c(cc21)-c1ccc(F)cc1C3=O. The van der Waals surface area contributed by atoms with Gasteiger partial charge in [-0.25, -0.2) is 4.39 Å². The van der Waals surface area contributed by atoms with Crippen LogP contribution in [-0.2, 0) is 0 Å². The number of rotatable bonds is 0. The molecule has 2 aliphatic rings. The Kier molecular flexibility index (Phi) is 2.45. The van der Waals surface area contributed by atoms with Gasteiger partial charge in [0.05, 0.1) is 5.54 Å². The highest BCUT2D eigenvalue weighted by Crippen LogP contribution is 2.43. The van der Waals surface area contributed by atoms with E-state index >= 15 is 0 Å². The molecule has 1 aliphatic carbocycles. The highest BCUT2D eigenvalue weighted by Gasteiger charge is 2.31. The summed E-state index contributed by atoms with van der Waals surface area (Å²) in [6.07, 6.45) is 2.18. The first-order chi connectivity index (χ1) is 10.4. The molecule has 110 valence electrons. The second kappa shape index (κ2) is 4.07. The highest BCUT2D eigenvalue weighted by atomic mass is 19.1. The van der Waals surface area contributed by atoms with Gasteiger partial charge < -0.3 is 5.32 Å². The van der Waals surface area contributed by atoms with E-state index in [0.717, 1.165) is 22.4 Å². The van der Waals surface area contributed by atoms with Crippen LogP contribution in [0.25, 0.3) is 16.7 Å². The molecule has 2 aromatic carbocycles. The van der Waals surface area contributed by atoms with Crippen LogP contribution in [0.1, 0.15) is 42.3 Å². The summed E-state index contributed by atoms with van der Waals surface area (Å²) in [6.45, 7) is 6.27. The number of fused-ring (bicyclic) bond motifs is 4. The summed E-state index contributed by atoms with van der Waals surface area (Å²) in [6, 6.07) is 8.38. The molecule has 4 rings (SSSR count). The molecule has 1 aliphatic heterocycles. The Morgan fingerprint density at radius 1 is 0.955 bits per heavy atom. The molecule has 0 saturated carbocycles. The van der Waals surface area contributed by atoms with E-state index in [1.807, 2.05) is 12.1 Å². The van der Waals surface area contributed by atoms with Crippen molar-refractivity contribution in [2.45, 2.75) is 26.3 Å². The van der Waals surface area contributed by atoms with Gasteiger partial charge in [-0.1, -0.05) is 12.1 Å². The molecule has 2 aromatic rings. The molecular formula is C19H16FNO. The van der Waals surface area contributed by atoms with Crippen LogP contribution in [0.3, 0.4) is 0 Å². The first-order valence-corrected chi connectivity index (χ1v) is 7.36. The van der Waals surface area contributed by atoms with E-state index in [-0.39, 0.29) is 17.1 Å². The van der Waals surface area contributed by atoms with Gasteiger partial charge in [-0.3, -0.25) is 4.79 Å². The first kappa shape index (κ1) is 13.3. The van der Waals surface area contributed by atoms with Gasteiger partial charge >= 0.3 is 0 Å². The maximum atomic E-state index is 13.4. The van der Waals surface area contributed by atoms with Crippen molar-refractivity contribution in [3.8, 4) is 11.1 Å². The zero-order valence-electron chi connectivity index (χ0n) is 12.8. The fourth-order valence-corrected chi connectivity index (χ4v) is 3.53. The molecule has 2 nitrogen and oxygen atoms in total. The van der Waals surface area contributed by atoms with Gasteiger partial charge in [-0.2, -0.15) is 0 Å². The second-order valence-electron chi connectivity index (χ2n) is 6.64. The lowest BCUT2D eigenvalue weighted by Gasteiger charge is -2.31. The molecule has 0 unspecified atom stereocenters. The molecule has 1 N–H and O–H groups in total. The van der Waals surface area contributed by atoms with E-state index in [2.05, 4.69) is 32.2 Å². The number of ketones is 1. The van der Waals surface area contributed by atoms with E-state index in [1.165, 1.54) is 17.7 Å². The number of nitrogens with one attached hydrogen (secondary N) is 1. The summed E-state index contributed by atoms with van der Waals surface area (Å²) in [7, 11) is 0. The van der Waals surface area contributed by atoms with Crippen LogP contribution in [-0.4, -0.2) is 11.3 Å². The number of hydrogen-bond acceptors (Lipinski definition) is 2. The zero-order chi connectivity index (χ0) is 15.6. The predicted octanol–water partition coefficient (Wildman–Crippen LogP) is 4.64. The number of halogens is 1. The van der Waals surface area contributed by atoms with Gasteiger partial charge in [0.15, 0.2) is 5.78 Å². The van der Waals surface area contributed by atoms with Crippen molar-refractivity contribution in [2.75, 3.05) is 5.32 Å². The molecule has 0 atom stereocenters. The number of carbonyl (C=O) groups excluding carboxylic acids is 1. The van der Waals surface area contributed by atoms with E-state index in [9.17, 15) is 9.18 Å². The molecular weight excluding hydrogens is 277 g/mol. The normalized spacial score (nSPS) is 17.3. The molecule has 0 bridgehead atoms. The number of allylic oxidation sites excluding steroid dienone is 1. The topological polar surface area (TPSA) is 29.1 Å². The lowest BCUT2D eigenvalue weighted by atomic mass is 9.89. The Labute approximate surface area is 128 Å². The number of benzene rings is 2. The van der Waals surface area contributed by atoms with Crippen molar-refractivity contribution in [1.29, 1.82) is 0 Å². The smallest absolute Gasteiger partial charge is 0.194 e. The molecule has 1 heterocycles. The van der Waals surface area contributed by atoms with Crippen molar-refractivity contribution >= 4 is 17.0 Å². The second-order valence-corrected chi connectivity index (χ2v) is 6.64. The average molecular weight is 293 g/mol. The minimum absolute atomic E-state index is 0.0980. The summed E-state index contributed by atoms with van der Waals surface area (Å²) in [5.74, 6) is -0.473. The van der Waals surface area contributed by atoms with Gasteiger partial charge in [0, 0.05) is 22.4 Å². The first-order valence-electron chi connectivity index (χ1n) is 7.36. The maximum Gasteiger partial charge on any atom is 0.194 e. The number of carbonyl (C=O) groups is 1. The Bertz CT molecular complexity index is 877. The van der Waals surface area contributed by atoms with Gasteiger partial charge in [0.2, 0.25) is 0 Å². The largest absolute Gasteiger partial charge is 0.376 e. The van der Waals surface area contributed by atoms with Gasteiger partial charge in [0.25, 0.3) is 0 Å². The maximum absolute atomic E-state index is 13.4. The quantitative estimate of drug-likeness (QED) is 0.654. The molecule has 3 heteroatoms. The molecule has 22 heavy (non-hydrogen) atoms. The third kappa shape index (κ3) is 1.75. The van der Waals surface area contributed by atoms with Crippen molar-refractivity contribution in [2.24, 2.45) is 0 Å². The van der Waals surface area contributed by atoms with Crippen LogP contribution in [0.2, 0.25) is 0 Å². The Morgan fingerprint density at radius 2 is 1.68 bits per heavy atom. The van der Waals surface area contributed by atoms with E-state index in [0.29, 0.717) is 11.1 Å². The molecule has 0 saturated heterocycles. The van der Waals surface area contributed by atoms with Crippen molar-refractivity contribution in [3.05, 3.63) is 58.9 Å². The highest BCUT2D eigenvalue weighted by molar-refractivity contribution is 6.22. The van der Waals surface area contributed by atoms with Crippen LogP contribution in [0.4, 0.5) is 10.1 Å². The van der Waals surface area contributed by atoms with Crippen LogP contribution >= 0.6 is 0 Å². The molecule has 0 aromatic heterocycles. The van der Waals surface area contributed by atoms with Crippen molar-refractivity contribution < 1.29 is 9.18 Å². The summed E-state index contributed by atoms with van der Waals surface area (Å²) in [4.78, 5) is 12.6. The summed E-state index contributed by atoms with van der Waals surface area (Å²) in [5.41, 5.74) is 5.93.